The van der Waals surface area contributed by atoms with E-state index in [9.17, 15) is 14.4 Å². The SMILES string of the molecule is CC/C=C\C/C=C\C/C=C\C/C=C\C/C=C\CCCC(=O)OC(COC(=O)CCCCCCCC)COC(=O)CCCCCCCCCCCCCCCCCCCCC. The standard InChI is InChI=1S/C54H94O6/c1-4-7-10-13-16-18-20-22-24-26-27-29-30-32-34-36-38-41-44-47-53(56)59-50-51(49-58-52(55)46-43-40-15-12-9-6-3)60-54(57)48-45-42-39-37-35-33-31-28-25-23-21-19-17-14-11-8-5-2/h8,11,17,19,23,25,31,33,37,39,51H,4-7,9-10,12-16,18,20-22,24,26-30,32,34-36,38,40-50H2,1-3H3/b11-8-,19-17-,25-23-,33-31-,39-37-. The lowest BCUT2D eigenvalue weighted by Gasteiger charge is -2.18. The van der Waals surface area contributed by atoms with Crippen molar-refractivity contribution in [2.24, 2.45) is 0 Å². The fraction of sp³-hybridized carbons (Fsp3) is 0.759. The van der Waals surface area contributed by atoms with E-state index in [2.05, 4.69) is 81.5 Å². The first-order valence-corrected chi connectivity index (χ1v) is 25.3. The maximum atomic E-state index is 12.7. The average molecular weight is 839 g/mol. The Kier molecular flexibility index (Phi) is 46.4. The van der Waals surface area contributed by atoms with Gasteiger partial charge in [-0.25, -0.2) is 0 Å². The molecule has 0 bridgehead atoms. The number of ether oxygens (including phenoxy) is 3. The van der Waals surface area contributed by atoms with Crippen LogP contribution in [0.25, 0.3) is 0 Å². The highest BCUT2D eigenvalue weighted by atomic mass is 16.6. The van der Waals surface area contributed by atoms with E-state index in [1.165, 1.54) is 122 Å². The summed E-state index contributed by atoms with van der Waals surface area (Å²) in [6.45, 7) is 6.43. The van der Waals surface area contributed by atoms with Crippen LogP contribution in [-0.2, 0) is 28.6 Å². The van der Waals surface area contributed by atoms with Crippen molar-refractivity contribution in [1.29, 1.82) is 0 Å². The van der Waals surface area contributed by atoms with Gasteiger partial charge in [0.2, 0.25) is 0 Å². The summed E-state index contributed by atoms with van der Waals surface area (Å²) in [5.41, 5.74) is 0. The molecule has 0 amide bonds. The quantitative estimate of drug-likeness (QED) is 0.0263. The highest BCUT2D eigenvalue weighted by molar-refractivity contribution is 5.71. The van der Waals surface area contributed by atoms with E-state index in [1.54, 1.807) is 0 Å². The summed E-state index contributed by atoms with van der Waals surface area (Å²) in [5, 5.41) is 0. The van der Waals surface area contributed by atoms with Gasteiger partial charge in [-0.1, -0.05) is 229 Å². The van der Waals surface area contributed by atoms with Crippen molar-refractivity contribution in [2.75, 3.05) is 13.2 Å². The van der Waals surface area contributed by atoms with E-state index in [0.717, 1.165) is 77.0 Å². The van der Waals surface area contributed by atoms with Gasteiger partial charge < -0.3 is 14.2 Å². The average Bonchev–Trinajstić information content (AvgIpc) is 3.24. The number of hydrogen-bond acceptors (Lipinski definition) is 6. The molecular weight excluding hydrogens is 745 g/mol. The molecule has 0 fully saturated rings. The second-order valence-corrected chi connectivity index (χ2v) is 16.7. The number of carbonyl (C=O) groups excluding carboxylic acids is 3. The number of unbranched alkanes of at least 4 members (excludes halogenated alkanes) is 24. The van der Waals surface area contributed by atoms with Crippen molar-refractivity contribution in [3.8, 4) is 0 Å². The molecule has 6 nitrogen and oxygen atoms in total. The molecule has 0 aliphatic heterocycles. The van der Waals surface area contributed by atoms with Crippen LogP contribution in [0.2, 0.25) is 0 Å². The topological polar surface area (TPSA) is 78.9 Å². The third kappa shape index (κ3) is 46.2. The molecule has 0 aromatic rings. The Morgan fingerprint density at radius 2 is 0.650 bits per heavy atom. The van der Waals surface area contributed by atoms with E-state index in [1.807, 2.05) is 0 Å². The van der Waals surface area contributed by atoms with Crippen LogP contribution < -0.4 is 0 Å². The van der Waals surface area contributed by atoms with Crippen LogP contribution in [0.5, 0.6) is 0 Å². The lowest BCUT2D eigenvalue weighted by Crippen LogP contribution is -2.30. The van der Waals surface area contributed by atoms with Gasteiger partial charge in [0.25, 0.3) is 0 Å². The fourth-order valence-corrected chi connectivity index (χ4v) is 7.01. The summed E-state index contributed by atoms with van der Waals surface area (Å²) in [6.07, 6.45) is 59.5. The van der Waals surface area contributed by atoms with Crippen molar-refractivity contribution >= 4 is 17.9 Å². The van der Waals surface area contributed by atoms with E-state index >= 15 is 0 Å². The molecule has 346 valence electrons. The Hall–Kier alpha value is -2.89. The largest absolute Gasteiger partial charge is 0.462 e. The first-order chi connectivity index (χ1) is 29.5. The third-order valence-electron chi connectivity index (χ3n) is 10.8. The van der Waals surface area contributed by atoms with Crippen LogP contribution in [-0.4, -0.2) is 37.2 Å². The van der Waals surface area contributed by atoms with Gasteiger partial charge in [-0.2, -0.15) is 0 Å². The molecule has 0 saturated heterocycles. The maximum Gasteiger partial charge on any atom is 0.306 e. The lowest BCUT2D eigenvalue weighted by atomic mass is 10.0. The summed E-state index contributed by atoms with van der Waals surface area (Å²) >= 11 is 0. The summed E-state index contributed by atoms with van der Waals surface area (Å²) in [6, 6.07) is 0. The molecule has 0 radical (unpaired) electrons. The molecule has 6 heteroatoms. The van der Waals surface area contributed by atoms with Crippen LogP contribution in [0, 0.1) is 0 Å². The van der Waals surface area contributed by atoms with E-state index in [-0.39, 0.29) is 37.5 Å². The van der Waals surface area contributed by atoms with Gasteiger partial charge in [0.05, 0.1) is 0 Å². The number of rotatable bonds is 45. The van der Waals surface area contributed by atoms with Gasteiger partial charge in [0.15, 0.2) is 6.10 Å². The summed E-state index contributed by atoms with van der Waals surface area (Å²) in [7, 11) is 0. The Morgan fingerprint density at radius 1 is 0.350 bits per heavy atom. The molecule has 0 aliphatic carbocycles. The van der Waals surface area contributed by atoms with Crippen LogP contribution in [0.4, 0.5) is 0 Å². The molecule has 0 N–H and O–H groups in total. The van der Waals surface area contributed by atoms with Gasteiger partial charge in [0.1, 0.15) is 13.2 Å². The molecule has 0 aliphatic rings. The van der Waals surface area contributed by atoms with Crippen molar-refractivity contribution in [3.05, 3.63) is 60.8 Å². The number of hydrogen-bond donors (Lipinski definition) is 0. The van der Waals surface area contributed by atoms with E-state index in [0.29, 0.717) is 19.3 Å². The monoisotopic (exact) mass is 839 g/mol. The van der Waals surface area contributed by atoms with E-state index in [4.69, 9.17) is 14.2 Å². The zero-order valence-corrected chi connectivity index (χ0v) is 39.5. The van der Waals surface area contributed by atoms with Crippen LogP contribution in [0.3, 0.4) is 0 Å². The van der Waals surface area contributed by atoms with Gasteiger partial charge in [-0.3, -0.25) is 14.4 Å². The van der Waals surface area contributed by atoms with E-state index < -0.39 is 6.10 Å². The maximum absolute atomic E-state index is 12.7. The molecule has 0 heterocycles. The van der Waals surface area contributed by atoms with Gasteiger partial charge >= 0.3 is 17.9 Å². The van der Waals surface area contributed by atoms with Crippen molar-refractivity contribution in [3.63, 3.8) is 0 Å². The predicted octanol–water partition coefficient (Wildman–Crippen LogP) is 16.5. The minimum atomic E-state index is -0.797. The van der Waals surface area contributed by atoms with Crippen molar-refractivity contribution in [2.45, 2.75) is 252 Å². The second kappa shape index (κ2) is 48.8. The Balaban J connectivity index is 4.27. The molecular formula is C54H94O6. The summed E-state index contributed by atoms with van der Waals surface area (Å²) in [4.78, 5) is 37.7. The minimum absolute atomic E-state index is 0.0945. The van der Waals surface area contributed by atoms with Gasteiger partial charge in [0, 0.05) is 19.3 Å². The first kappa shape index (κ1) is 57.1. The molecule has 0 aromatic heterocycles. The van der Waals surface area contributed by atoms with Crippen molar-refractivity contribution < 1.29 is 28.6 Å². The zero-order chi connectivity index (χ0) is 43.7. The van der Waals surface area contributed by atoms with Crippen molar-refractivity contribution in [1.82, 2.24) is 0 Å². The van der Waals surface area contributed by atoms with Crippen LogP contribution in [0.15, 0.2) is 60.8 Å². The minimum Gasteiger partial charge on any atom is -0.462 e. The molecule has 1 unspecified atom stereocenters. The smallest absolute Gasteiger partial charge is 0.306 e. The lowest BCUT2D eigenvalue weighted by molar-refractivity contribution is -0.167. The highest BCUT2D eigenvalue weighted by Crippen LogP contribution is 2.16. The third-order valence-corrected chi connectivity index (χ3v) is 10.8. The Labute approximate surface area is 370 Å². The van der Waals surface area contributed by atoms with Gasteiger partial charge in [-0.05, 0) is 57.8 Å². The summed E-state index contributed by atoms with van der Waals surface area (Å²) in [5.74, 6) is -0.959. The summed E-state index contributed by atoms with van der Waals surface area (Å²) < 4.78 is 16.6. The molecule has 60 heavy (non-hydrogen) atoms. The first-order valence-electron chi connectivity index (χ1n) is 25.3. The Bertz CT molecular complexity index is 1100. The second-order valence-electron chi connectivity index (χ2n) is 16.7. The van der Waals surface area contributed by atoms with Crippen LogP contribution in [0.1, 0.15) is 245 Å². The normalized spacial score (nSPS) is 12.5. The number of carbonyl (C=O) groups is 3. The number of allylic oxidation sites excluding steroid dienone is 10. The highest BCUT2D eigenvalue weighted by Gasteiger charge is 2.19. The fourth-order valence-electron chi connectivity index (χ4n) is 7.01. The molecule has 0 aromatic carbocycles. The predicted molar refractivity (Wildman–Crippen MR) is 256 cm³/mol. The molecule has 1 atom stereocenters. The molecule has 0 saturated carbocycles. The van der Waals surface area contributed by atoms with Crippen LogP contribution >= 0.6 is 0 Å². The Morgan fingerprint density at radius 3 is 1.00 bits per heavy atom. The molecule has 0 spiro atoms. The zero-order valence-electron chi connectivity index (χ0n) is 39.5. The number of esters is 3. The van der Waals surface area contributed by atoms with Gasteiger partial charge in [-0.15, -0.1) is 0 Å². The molecule has 0 rings (SSSR count).